The van der Waals surface area contributed by atoms with E-state index in [2.05, 4.69) is 48.6 Å². The van der Waals surface area contributed by atoms with E-state index in [1.165, 1.54) is 12.0 Å². The van der Waals surface area contributed by atoms with Gasteiger partial charge in [-0.05, 0) is 59.9 Å². The lowest BCUT2D eigenvalue weighted by molar-refractivity contribution is 0.220. The first-order valence-electron chi connectivity index (χ1n) is 6.07. The number of phenols is 1. The van der Waals surface area contributed by atoms with Crippen molar-refractivity contribution in [2.75, 3.05) is 7.05 Å². The van der Waals surface area contributed by atoms with E-state index < -0.39 is 0 Å². The molecule has 1 rings (SSSR count). The Kier molecular flexibility index (Phi) is 5.47. The van der Waals surface area contributed by atoms with Crippen LogP contribution < -0.4 is 0 Å². The highest BCUT2D eigenvalue weighted by Gasteiger charge is 2.11. The van der Waals surface area contributed by atoms with Gasteiger partial charge in [0, 0.05) is 12.6 Å². The summed E-state index contributed by atoms with van der Waals surface area (Å²) >= 11 is 3.34. The number of aromatic hydroxyl groups is 1. The fraction of sp³-hybridized carbons (Fsp3) is 0.571. The van der Waals surface area contributed by atoms with Gasteiger partial charge in [-0.25, -0.2) is 0 Å². The largest absolute Gasteiger partial charge is 0.507 e. The second-order valence-corrected chi connectivity index (χ2v) is 6.03. The highest BCUT2D eigenvalue weighted by molar-refractivity contribution is 9.10. The van der Waals surface area contributed by atoms with Crippen LogP contribution in [0.2, 0.25) is 0 Å². The molecule has 96 valence electrons. The standard InChI is InChI=1S/C14H22BrNO/c1-10(2)7-11(3)16(4)9-12-5-6-14(17)13(15)8-12/h5-6,8,10-11,17H,7,9H2,1-4H3. The number of nitrogens with zero attached hydrogens (tertiary/aromatic N) is 1. The zero-order valence-electron chi connectivity index (χ0n) is 11.1. The van der Waals surface area contributed by atoms with Crippen LogP contribution in [0.5, 0.6) is 5.75 Å². The van der Waals surface area contributed by atoms with Gasteiger partial charge in [-0.3, -0.25) is 4.90 Å². The summed E-state index contributed by atoms with van der Waals surface area (Å²) in [6, 6.07) is 6.26. The van der Waals surface area contributed by atoms with Crippen LogP contribution in [0.3, 0.4) is 0 Å². The summed E-state index contributed by atoms with van der Waals surface area (Å²) in [6.45, 7) is 7.67. The number of rotatable bonds is 5. The van der Waals surface area contributed by atoms with Crippen molar-refractivity contribution in [2.45, 2.75) is 39.8 Å². The molecule has 17 heavy (non-hydrogen) atoms. The van der Waals surface area contributed by atoms with Crippen molar-refractivity contribution in [1.82, 2.24) is 4.90 Å². The fourth-order valence-electron chi connectivity index (χ4n) is 1.95. The van der Waals surface area contributed by atoms with Crippen LogP contribution in [-0.4, -0.2) is 23.1 Å². The summed E-state index contributed by atoms with van der Waals surface area (Å²) in [5.41, 5.74) is 1.22. The van der Waals surface area contributed by atoms with E-state index in [0.717, 1.165) is 16.9 Å². The number of halogens is 1. The smallest absolute Gasteiger partial charge is 0.129 e. The highest BCUT2D eigenvalue weighted by Crippen LogP contribution is 2.25. The van der Waals surface area contributed by atoms with E-state index in [-0.39, 0.29) is 0 Å². The van der Waals surface area contributed by atoms with Crippen LogP contribution in [0.25, 0.3) is 0 Å². The van der Waals surface area contributed by atoms with Crippen molar-refractivity contribution >= 4 is 15.9 Å². The first-order valence-corrected chi connectivity index (χ1v) is 6.87. The minimum Gasteiger partial charge on any atom is -0.507 e. The first kappa shape index (κ1) is 14.5. The van der Waals surface area contributed by atoms with Crippen LogP contribution in [0, 0.1) is 5.92 Å². The summed E-state index contributed by atoms with van der Waals surface area (Å²) in [5.74, 6) is 1.02. The van der Waals surface area contributed by atoms with Crippen LogP contribution >= 0.6 is 15.9 Å². The maximum atomic E-state index is 9.45. The number of phenolic OH excluding ortho intramolecular Hbond substituents is 1. The van der Waals surface area contributed by atoms with Gasteiger partial charge in [0.1, 0.15) is 5.75 Å². The van der Waals surface area contributed by atoms with Gasteiger partial charge >= 0.3 is 0 Å². The predicted molar refractivity (Wildman–Crippen MR) is 76.2 cm³/mol. The van der Waals surface area contributed by atoms with Gasteiger partial charge in [0.25, 0.3) is 0 Å². The maximum absolute atomic E-state index is 9.45. The van der Waals surface area contributed by atoms with Crippen LogP contribution in [0.15, 0.2) is 22.7 Å². The molecule has 0 aliphatic heterocycles. The molecule has 2 nitrogen and oxygen atoms in total. The van der Waals surface area contributed by atoms with Gasteiger partial charge in [0.15, 0.2) is 0 Å². The van der Waals surface area contributed by atoms with E-state index in [0.29, 0.717) is 11.8 Å². The van der Waals surface area contributed by atoms with Crippen molar-refractivity contribution in [3.8, 4) is 5.75 Å². The minimum absolute atomic E-state index is 0.298. The molecule has 1 aromatic rings. The topological polar surface area (TPSA) is 23.5 Å². The second-order valence-electron chi connectivity index (χ2n) is 5.18. The molecule has 0 spiro atoms. The van der Waals surface area contributed by atoms with Crippen molar-refractivity contribution < 1.29 is 5.11 Å². The molecule has 0 bridgehead atoms. The molecular formula is C14H22BrNO. The fourth-order valence-corrected chi connectivity index (χ4v) is 2.38. The molecule has 1 N–H and O–H groups in total. The SMILES string of the molecule is CC(C)CC(C)N(C)Cc1ccc(O)c(Br)c1. The molecule has 1 aromatic carbocycles. The molecule has 1 atom stereocenters. The van der Waals surface area contributed by atoms with E-state index >= 15 is 0 Å². The first-order chi connectivity index (χ1) is 7.90. The summed E-state index contributed by atoms with van der Waals surface area (Å²) in [7, 11) is 2.15. The van der Waals surface area contributed by atoms with Crippen molar-refractivity contribution in [3.63, 3.8) is 0 Å². The average molecular weight is 300 g/mol. The molecule has 0 saturated carbocycles. The third kappa shape index (κ3) is 4.68. The molecule has 0 heterocycles. The minimum atomic E-state index is 0.298. The molecule has 0 amide bonds. The van der Waals surface area contributed by atoms with E-state index in [4.69, 9.17) is 0 Å². The Labute approximate surface area is 113 Å². The quantitative estimate of drug-likeness (QED) is 0.887. The maximum Gasteiger partial charge on any atom is 0.129 e. The molecule has 0 aromatic heterocycles. The van der Waals surface area contributed by atoms with Gasteiger partial charge in [0.05, 0.1) is 4.47 Å². The predicted octanol–water partition coefficient (Wildman–Crippen LogP) is 4.02. The Balaban J connectivity index is 2.61. The normalized spacial score (nSPS) is 13.4. The average Bonchev–Trinajstić information content (AvgIpc) is 2.22. The Morgan fingerprint density at radius 1 is 1.29 bits per heavy atom. The summed E-state index contributed by atoms with van der Waals surface area (Å²) < 4.78 is 0.764. The third-order valence-electron chi connectivity index (χ3n) is 3.01. The second kappa shape index (κ2) is 6.41. The third-order valence-corrected chi connectivity index (χ3v) is 3.64. The number of benzene rings is 1. The van der Waals surface area contributed by atoms with E-state index in [1.54, 1.807) is 6.07 Å². The Morgan fingerprint density at radius 2 is 1.94 bits per heavy atom. The monoisotopic (exact) mass is 299 g/mol. The Bertz CT molecular complexity index is 365. The molecule has 0 aliphatic rings. The van der Waals surface area contributed by atoms with Crippen molar-refractivity contribution in [2.24, 2.45) is 5.92 Å². The Hall–Kier alpha value is -0.540. The molecule has 0 aliphatic carbocycles. The number of hydrogen-bond acceptors (Lipinski definition) is 2. The van der Waals surface area contributed by atoms with E-state index in [9.17, 15) is 5.11 Å². The van der Waals surface area contributed by atoms with Gasteiger partial charge in [0.2, 0.25) is 0 Å². The lowest BCUT2D eigenvalue weighted by Gasteiger charge is -2.26. The van der Waals surface area contributed by atoms with Gasteiger partial charge in [-0.2, -0.15) is 0 Å². The molecular weight excluding hydrogens is 278 g/mol. The summed E-state index contributed by atoms with van der Waals surface area (Å²) in [5, 5.41) is 9.45. The van der Waals surface area contributed by atoms with Crippen LogP contribution in [-0.2, 0) is 6.54 Å². The van der Waals surface area contributed by atoms with Gasteiger partial charge in [-0.15, -0.1) is 0 Å². The molecule has 0 radical (unpaired) electrons. The van der Waals surface area contributed by atoms with Crippen LogP contribution in [0.4, 0.5) is 0 Å². The van der Waals surface area contributed by atoms with Crippen molar-refractivity contribution in [1.29, 1.82) is 0 Å². The van der Waals surface area contributed by atoms with Crippen molar-refractivity contribution in [3.05, 3.63) is 28.2 Å². The number of hydrogen-bond donors (Lipinski definition) is 1. The molecule has 0 fully saturated rings. The molecule has 0 saturated heterocycles. The summed E-state index contributed by atoms with van der Waals surface area (Å²) in [4.78, 5) is 2.35. The van der Waals surface area contributed by atoms with Crippen LogP contribution in [0.1, 0.15) is 32.8 Å². The van der Waals surface area contributed by atoms with Gasteiger partial charge < -0.3 is 5.11 Å². The lowest BCUT2D eigenvalue weighted by Crippen LogP contribution is -2.29. The zero-order chi connectivity index (χ0) is 13.0. The van der Waals surface area contributed by atoms with E-state index in [1.807, 2.05) is 12.1 Å². The summed E-state index contributed by atoms with van der Waals surface area (Å²) in [6.07, 6.45) is 1.20. The zero-order valence-corrected chi connectivity index (χ0v) is 12.7. The molecule has 1 unspecified atom stereocenters. The highest BCUT2D eigenvalue weighted by atomic mass is 79.9. The molecule has 3 heteroatoms. The lowest BCUT2D eigenvalue weighted by atomic mass is 10.0. The Morgan fingerprint density at radius 3 is 2.47 bits per heavy atom. The van der Waals surface area contributed by atoms with Gasteiger partial charge in [-0.1, -0.05) is 19.9 Å².